The third-order valence-electron chi connectivity index (χ3n) is 7.76. The van der Waals surface area contributed by atoms with Crippen molar-refractivity contribution in [1.29, 1.82) is 0 Å². The molecule has 0 radical (unpaired) electrons. The second kappa shape index (κ2) is 10.0. The monoisotopic (exact) mass is 577 g/mol. The van der Waals surface area contributed by atoms with Crippen LogP contribution in [0.1, 0.15) is 57.3 Å². The van der Waals surface area contributed by atoms with Crippen LogP contribution in [-0.2, 0) is 22.1 Å². The molecule has 1 aliphatic carbocycles. The van der Waals surface area contributed by atoms with E-state index in [1.54, 1.807) is 7.05 Å². The van der Waals surface area contributed by atoms with Gasteiger partial charge in [-0.25, -0.2) is 25.3 Å². The fourth-order valence-corrected chi connectivity index (χ4v) is 5.54. The quantitative estimate of drug-likeness (QED) is 0.263. The van der Waals surface area contributed by atoms with E-state index >= 15 is 0 Å². The Labute approximate surface area is 239 Å². The molecule has 14 heteroatoms. The van der Waals surface area contributed by atoms with Gasteiger partial charge in [-0.05, 0) is 18.9 Å². The number of amides is 1. The van der Waals surface area contributed by atoms with Crippen molar-refractivity contribution in [3.63, 3.8) is 0 Å². The molecular weight excluding hydrogens is 548 g/mol. The number of carbonyl (C=O) groups is 1. The first kappa shape index (κ1) is 27.5. The van der Waals surface area contributed by atoms with Crippen LogP contribution < -0.4 is 15.4 Å². The Morgan fingerprint density at radius 2 is 2.02 bits per heavy atom. The number of hydrogen-bond acceptors (Lipinski definition) is 8. The Morgan fingerprint density at radius 3 is 2.67 bits per heavy atom. The summed E-state index contributed by atoms with van der Waals surface area (Å²) in [6.45, 7) is 14.3. The molecule has 12 nitrogen and oxygen atoms in total. The van der Waals surface area contributed by atoms with Crippen LogP contribution in [0.2, 0.25) is 0 Å². The molecule has 4 aromatic heterocycles. The number of nitrogens with zero attached hydrogens (tertiary/aromatic N) is 7. The number of hydrogen-bond donors (Lipinski definition) is 2. The van der Waals surface area contributed by atoms with Crippen LogP contribution in [0.4, 0.5) is 26.4 Å². The summed E-state index contributed by atoms with van der Waals surface area (Å²) in [5.74, 6) is 0.634. The molecule has 2 aliphatic rings. The summed E-state index contributed by atoms with van der Waals surface area (Å²) in [7, 11) is 1.60. The van der Waals surface area contributed by atoms with Crippen molar-refractivity contribution in [2.45, 2.75) is 51.6 Å². The van der Waals surface area contributed by atoms with Crippen molar-refractivity contribution < 1.29 is 23.0 Å². The van der Waals surface area contributed by atoms with E-state index in [1.807, 2.05) is 24.6 Å². The SMILES string of the molecule is [C-]#[N+]C(C)(C)c1cc(Nc2nc3ncc(Oc4ccnc(NC(C)=O)c4)c(C(F)F)c3n2C)nn1C1CC2(COC2)C1. The van der Waals surface area contributed by atoms with Gasteiger partial charge < -0.3 is 29.5 Å². The number of nitrogens with one attached hydrogen (secondary N) is 2. The first-order valence-corrected chi connectivity index (χ1v) is 13.4. The van der Waals surface area contributed by atoms with Gasteiger partial charge in [0.1, 0.15) is 22.8 Å². The number of rotatable bonds is 8. The Bertz CT molecular complexity index is 1730. The summed E-state index contributed by atoms with van der Waals surface area (Å²) in [5.41, 5.74) is -0.0426. The maximum atomic E-state index is 14.5. The van der Waals surface area contributed by atoms with Crippen molar-refractivity contribution in [1.82, 2.24) is 29.3 Å². The van der Waals surface area contributed by atoms with Gasteiger partial charge >= 0.3 is 0 Å². The van der Waals surface area contributed by atoms with Crippen LogP contribution in [0.3, 0.4) is 0 Å². The maximum absolute atomic E-state index is 14.5. The molecule has 1 saturated heterocycles. The molecule has 2 fully saturated rings. The van der Waals surface area contributed by atoms with Crippen LogP contribution in [0.5, 0.6) is 11.5 Å². The average molecular weight is 578 g/mol. The molecule has 0 atom stereocenters. The molecule has 42 heavy (non-hydrogen) atoms. The minimum Gasteiger partial charge on any atom is -0.455 e. The maximum Gasteiger partial charge on any atom is 0.269 e. The van der Waals surface area contributed by atoms with Gasteiger partial charge in [-0.1, -0.05) is 0 Å². The van der Waals surface area contributed by atoms with Crippen molar-refractivity contribution >= 4 is 34.7 Å². The lowest BCUT2D eigenvalue weighted by Gasteiger charge is -2.53. The highest BCUT2D eigenvalue weighted by atomic mass is 19.3. The third-order valence-corrected chi connectivity index (χ3v) is 7.76. The van der Waals surface area contributed by atoms with Gasteiger partial charge in [0.05, 0.1) is 31.0 Å². The lowest BCUT2D eigenvalue weighted by Crippen LogP contribution is -2.53. The Balaban J connectivity index is 1.33. The summed E-state index contributed by atoms with van der Waals surface area (Å²) in [6, 6.07) is 4.87. The van der Waals surface area contributed by atoms with Crippen LogP contribution in [0.25, 0.3) is 16.0 Å². The van der Waals surface area contributed by atoms with Crippen LogP contribution in [0.15, 0.2) is 30.6 Å². The van der Waals surface area contributed by atoms with E-state index in [-0.39, 0.29) is 57.4 Å². The Morgan fingerprint density at radius 1 is 1.26 bits per heavy atom. The van der Waals surface area contributed by atoms with Gasteiger partial charge in [-0.15, -0.1) is 0 Å². The largest absolute Gasteiger partial charge is 0.455 e. The summed E-state index contributed by atoms with van der Waals surface area (Å²) in [5, 5.41) is 10.5. The van der Waals surface area contributed by atoms with Gasteiger partial charge in [0.25, 0.3) is 12.0 Å². The molecule has 0 bridgehead atoms. The number of aryl methyl sites for hydroxylation is 1. The molecular formula is C28H29F2N9O3. The summed E-state index contributed by atoms with van der Waals surface area (Å²) < 4.78 is 43.6. The minimum absolute atomic E-state index is 0.0909. The highest BCUT2D eigenvalue weighted by molar-refractivity contribution is 5.87. The fraction of sp³-hybridized carbons (Fsp3) is 0.429. The Hall–Kier alpha value is -4.64. The molecule has 2 N–H and O–H groups in total. The molecule has 0 unspecified atom stereocenters. The second-order valence-electron chi connectivity index (χ2n) is 11.4. The molecule has 5 heterocycles. The van der Waals surface area contributed by atoms with E-state index < -0.39 is 12.0 Å². The lowest BCUT2D eigenvalue weighted by molar-refractivity contribution is -0.176. The zero-order valence-corrected chi connectivity index (χ0v) is 23.5. The fourth-order valence-electron chi connectivity index (χ4n) is 5.54. The van der Waals surface area contributed by atoms with Gasteiger partial charge in [-0.2, -0.15) is 10.1 Å². The number of halogens is 2. The van der Waals surface area contributed by atoms with Gasteiger partial charge in [-0.3, -0.25) is 9.48 Å². The standard InChI is InChI=1S/C28H29F2N9O3/c1-15(40)34-20-8-17(6-7-32-20)42-18-12-33-25-23(22(18)24(29)30)38(5)26(36-25)35-21-9-19(27(2,3)31-4)39(37-21)16-10-28(11-16)13-41-14-28/h6-9,12,16,24H,10-11,13-14H2,1-3,5H3,(H,32,34,40)(H,33,35,36,37). The number of carbonyl (C=O) groups excluding carboxylic acids is 1. The molecule has 0 aromatic carbocycles. The smallest absolute Gasteiger partial charge is 0.269 e. The zero-order valence-electron chi connectivity index (χ0n) is 23.5. The highest BCUT2D eigenvalue weighted by Crippen LogP contribution is 2.54. The van der Waals surface area contributed by atoms with Gasteiger partial charge in [0, 0.05) is 51.6 Å². The van der Waals surface area contributed by atoms with E-state index in [0.29, 0.717) is 5.82 Å². The molecule has 4 aromatic rings. The minimum atomic E-state index is -2.91. The van der Waals surface area contributed by atoms with E-state index in [2.05, 4.69) is 30.4 Å². The second-order valence-corrected chi connectivity index (χ2v) is 11.4. The molecule has 1 saturated carbocycles. The summed E-state index contributed by atoms with van der Waals surface area (Å²) in [4.78, 5) is 28.0. The number of anilines is 3. The third kappa shape index (κ3) is 4.79. The van der Waals surface area contributed by atoms with E-state index in [4.69, 9.17) is 21.1 Å². The first-order chi connectivity index (χ1) is 20.0. The van der Waals surface area contributed by atoms with Crippen LogP contribution >= 0.6 is 0 Å². The first-order valence-electron chi connectivity index (χ1n) is 13.4. The van der Waals surface area contributed by atoms with E-state index in [1.165, 1.54) is 36.0 Å². The van der Waals surface area contributed by atoms with Crippen LogP contribution in [-0.4, -0.2) is 48.4 Å². The topological polar surface area (TPSA) is 125 Å². The predicted molar refractivity (Wildman–Crippen MR) is 149 cm³/mol. The lowest BCUT2D eigenvalue weighted by atomic mass is 9.64. The molecule has 218 valence electrons. The summed E-state index contributed by atoms with van der Waals surface area (Å²) >= 11 is 0. The van der Waals surface area contributed by atoms with E-state index in [9.17, 15) is 13.6 Å². The zero-order chi connectivity index (χ0) is 29.8. The molecule has 1 aliphatic heterocycles. The number of alkyl halides is 2. The van der Waals surface area contributed by atoms with Gasteiger partial charge in [0.15, 0.2) is 17.2 Å². The van der Waals surface area contributed by atoms with Crippen molar-refractivity contribution in [3.05, 3.63) is 53.3 Å². The van der Waals surface area contributed by atoms with E-state index in [0.717, 1.165) is 31.7 Å². The van der Waals surface area contributed by atoms with Crippen LogP contribution in [0, 0.1) is 12.0 Å². The number of ether oxygens (including phenoxy) is 2. The molecule has 1 amide bonds. The number of imidazole rings is 1. The molecule has 1 spiro atoms. The summed E-state index contributed by atoms with van der Waals surface area (Å²) in [6.07, 6.45) is 1.54. The van der Waals surface area contributed by atoms with Crippen molar-refractivity contribution in [3.8, 4) is 11.5 Å². The van der Waals surface area contributed by atoms with Gasteiger partial charge in [0.2, 0.25) is 11.9 Å². The van der Waals surface area contributed by atoms with Crippen molar-refractivity contribution in [2.75, 3.05) is 23.8 Å². The highest BCUT2D eigenvalue weighted by Gasteiger charge is 2.52. The molecule has 6 rings (SSSR count). The number of aromatic nitrogens is 6. The average Bonchev–Trinajstić information content (AvgIpc) is 3.44. The van der Waals surface area contributed by atoms with Crippen molar-refractivity contribution in [2.24, 2.45) is 12.5 Å². The predicted octanol–water partition coefficient (Wildman–Crippen LogP) is 5.50. The number of fused-ring (bicyclic) bond motifs is 1. The normalized spacial score (nSPS) is 16.2. The Kier molecular flexibility index (Phi) is 6.57. The number of pyridine rings is 2.